The highest BCUT2D eigenvalue weighted by Gasteiger charge is 2.47. The Bertz CT molecular complexity index is 231. The van der Waals surface area contributed by atoms with Crippen LogP contribution >= 0.6 is 0 Å². The molecule has 0 saturated carbocycles. The molecular formula is C8H15NO4. The summed E-state index contributed by atoms with van der Waals surface area (Å²) in [5.41, 5.74) is 3.02. The molecule has 0 radical (unpaired) electrons. The third-order valence-corrected chi connectivity index (χ3v) is 2.15. The lowest BCUT2D eigenvalue weighted by Crippen LogP contribution is -2.58. The molecule has 0 spiro atoms. The predicted molar refractivity (Wildman–Crippen MR) is 46.3 cm³/mol. The van der Waals surface area contributed by atoms with Gasteiger partial charge in [-0.05, 0) is 5.41 Å². The van der Waals surface area contributed by atoms with Crippen LogP contribution in [-0.2, 0) is 9.59 Å². The van der Waals surface area contributed by atoms with E-state index in [4.69, 9.17) is 15.9 Å². The van der Waals surface area contributed by atoms with Gasteiger partial charge in [0.05, 0.1) is 6.42 Å². The van der Waals surface area contributed by atoms with E-state index in [1.807, 2.05) is 0 Å². The zero-order valence-electron chi connectivity index (χ0n) is 8.00. The van der Waals surface area contributed by atoms with Crippen LogP contribution in [0.3, 0.4) is 0 Å². The molecule has 0 unspecified atom stereocenters. The van der Waals surface area contributed by atoms with Gasteiger partial charge in [-0.25, -0.2) is 0 Å². The summed E-state index contributed by atoms with van der Waals surface area (Å²) >= 11 is 0. The molecule has 13 heavy (non-hydrogen) atoms. The minimum absolute atomic E-state index is 0.578. The first kappa shape index (κ1) is 11.9. The van der Waals surface area contributed by atoms with Crippen LogP contribution in [0.4, 0.5) is 0 Å². The van der Waals surface area contributed by atoms with E-state index in [1.54, 1.807) is 20.8 Å². The van der Waals surface area contributed by atoms with Gasteiger partial charge < -0.3 is 15.9 Å². The molecule has 0 rings (SSSR count). The summed E-state index contributed by atoms with van der Waals surface area (Å²) < 4.78 is 0. The van der Waals surface area contributed by atoms with E-state index in [1.165, 1.54) is 0 Å². The maximum absolute atomic E-state index is 10.8. The topological polar surface area (TPSA) is 101 Å². The largest absolute Gasteiger partial charge is 0.481 e. The molecule has 0 aliphatic heterocycles. The van der Waals surface area contributed by atoms with Gasteiger partial charge >= 0.3 is 11.9 Å². The molecule has 1 atom stereocenters. The fraction of sp³-hybridized carbons (Fsp3) is 0.750. The van der Waals surface area contributed by atoms with E-state index < -0.39 is 29.3 Å². The summed E-state index contributed by atoms with van der Waals surface area (Å²) in [5, 5.41) is 17.3. The van der Waals surface area contributed by atoms with Crippen molar-refractivity contribution in [1.82, 2.24) is 0 Å². The van der Waals surface area contributed by atoms with Crippen molar-refractivity contribution >= 4 is 11.9 Å². The van der Waals surface area contributed by atoms with Gasteiger partial charge in [-0.3, -0.25) is 9.59 Å². The van der Waals surface area contributed by atoms with Gasteiger partial charge in [0.25, 0.3) is 0 Å². The van der Waals surface area contributed by atoms with Gasteiger partial charge in [0.1, 0.15) is 5.54 Å². The van der Waals surface area contributed by atoms with Crippen LogP contribution in [0.25, 0.3) is 0 Å². The minimum atomic E-state index is -1.72. The zero-order valence-corrected chi connectivity index (χ0v) is 8.00. The van der Waals surface area contributed by atoms with Crippen molar-refractivity contribution in [3.63, 3.8) is 0 Å². The number of hydrogen-bond acceptors (Lipinski definition) is 3. The SMILES string of the molecule is CC(C)(C)[C@](N)(CC(=O)O)C(=O)O. The first-order valence-corrected chi connectivity index (χ1v) is 3.85. The van der Waals surface area contributed by atoms with Gasteiger partial charge in [0.2, 0.25) is 0 Å². The second kappa shape index (κ2) is 3.33. The van der Waals surface area contributed by atoms with E-state index >= 15 is 0 Å². The Balaban J connectivity index is 4.96. The van der Waals surface area contributed by atoms with Gasteiger partial charge in [0, 0.05) is 0 Å². The average Bonchev–Trinajstić information content (AvgIpc) is 1.82. The second-order valence-corrected chi connectivity index (χ2v) is 4.10. The Morgan fingerprint density at radius 2 is 1.62 bits per heavy atom. The lowest BCUT2D eigenvalue weighted by molar-refractivity contribution is -0.154. The first-order valence-electron chi connectivity index (χ1n) is 3.85. The molecule has 0 fully saturated rings. The molecule has 0 bridgehead atoms. The van der Waals surface area contributed by atoms with Gasteiger partial charge in [-0.15, -0.1) is 0 Å². The highest BCUT2D eigenvalue weighted by atomic mass is 16.4. The minimum Gasteiger partial charge on any atom is -0.481 e. The zero-order chi connectivity index (χ0) is 10.9. The standard InChI is InChI=1S/C8H15NO4/c1-7(2,3)8(9,6(12)13)4-5(10)11/h4,9H2,1-3H3,(H,10,11)(H,12,13)/t8-/m0/s1. The number of aliphatic carboxylic acids is 2. The number of carboxylic acid groups (broad SMARTS) is 2. The summed E-state index contributed by atoms with van der Waals surface area (Å²) in [7, 11) is 0. The van der Waals surface area contributed by atoms with Crippen molar-refractivity contribution in [3.05, 3.63) is 0 Å². The van der Waals surface area contributed by atoms with Crippen molar-refractivity contribution in [3.8, 4) is 0 Å². The Labute approximate surface area is 76.5 Å². The summed E-state index contributed by atoms with van der Waals surface area (Å²) in [4.78, 5) is 21.2. The van der Waals surface area contributed by atoms with Crippen molar-refractivity contribution < 1.29 is 19.8 Å². The number of carboxylic acids is 2. The molecule has 0 amide bonds. The van der Waals surface area contributed by atoms with E-state index in [0.29, 0.717) is 0 Å². The smallest absolute Gasteiger partial charge is 0.324 e. The Morgan fingerprint density at radius 3 is 1.69 bits per heavy atom. The van der Waals surface area contributed by atoms with Crippen LogP contribution in [0.1, 0.15) is 27.2 Å². The Morgan fingerprint density at radius 1 is 1.23 bits per heavy atom. The number of rotatable bonds is 3. The Kier molecular flexibility index (Phi) is 3.05. The molecule has 5 heteroatoms. The third-order valence-electron chi connectivity index (χ3n) is 2.15. The van der Waals surface area contributed by atoms with E-state index in [2.05, 4.69) is 0 Å². The number of hydrogen-bond donors (Lipinski definition) is 3. The van der Waals surface area contributed by atoms with Crippen LogP contribution in [-0.4, -0.2) is 27.7 Å². The van der Waals surface area contributed by atoms with Crippen LogP contribution in [0.15, 0.2) is 0 Å². The molecule has 5 nitrogen and oxygen atoms in total. The van der Waals surface area contributed by atoms with Crippen LogP contribution < -0.4 is 5.73 Å². The van der Waals surface area contributed by atoms with Gasteiger partial charge in [-0.1, -0.05) is 20.8 Å². The molecule has 0 aliphatic rings. The first-order chi connectivity index (χ1) is 5.61. The lowest BCUT2D eigenvalue weighted by atomic mass is 9.72. The molecular weight excluding hydrogens is 174 g/mol. The van der Waals surface area contributed by atoms with Crippen molar-refractivity contribution in [2.45, 2.75) is 32.7 Å². The number of nitrogens with two attached hydrogens (primary N) is 1. The van der Waals surface area contributed by atoms with E-state index in [0.717, 1.165) is 0 Å². The highest BCUT2D eigenvalue weighted by Crippen LogP contribution is 2.31. The van der Waals surface area contributed by atoms with E-state index in [-0.39, 0.29) is 0 Å². The normalized spacial score (nSPS) is 16.3. The summed E-state index contributed by atoms with van der Waals surface area (Å²) in [5.74, 6) is -2.50. The molecule has 76 valence electrons. The van der Waals surface area contributed by atoms with Crippen LogP contribution in [0, 0.1) is 5.41 Å². The second-order valence-electron chi connectivity index (χ2n) is 4.10. The van der Waals surface area contributed by atoms with E-state index in [9.17, 15) is 9.59 Å². The number of carbonyl (C=O) groups is 2. The third kappa shape index (κ3) is 2.42. The quantitative estimate of drug-likeness (QED) is 0.592. The maximum atomic E-state index is 10.8. The molecule has 0 aliphatic carbocycles. The van der Waals surface area contributed by atoms with Gasteiger partial charge in [-0.2, -0.15) is 0 Å². The monoisotopic (exact) mass is 189 g/mol. The van der Waals surface area contributed by atoms with Crippen LogP contribution in [0.5, 0.6) is 0 Å². The van der Waals surface area contributed by atoms with Crippen molar-refractivity contribution in [2.24, 2.45) is 11.1 Å². The van der Waals surface area contributed by atoms with Crippen molar-refractivity contribution in [1.29, 1.82) is 0 Å². The average molecular weight is 189 g/mol. The molecule has 0 aromatic carbocycles. The summed E-state index contributed by atoms with van der Waals surface area (Å²) in [6.07, 6.45) is -0.578. The highest BCUT2D eigenvalue weighted by molar-refractivity contribution is 5.85. The van der Waals surface area contributed by atoms with Gasteiger partial charge in [0.15, 0.2) is 0 Å². The predicted octanol–water partition coefficient (Wildman–Crippen LogP) is 0.289. The molecule has 0 heterocycles. The summed E-state index contributed by atoms with van der Waals surface area (Å²) in [6.45, 7) is 4.80. The molecule has 4 N–H and O–H groups in total. The molecule has 0 aromatic rings. The fourth-order valence-electron chi connectivity index (χ4n) is 0.900. The maximum Gasteiger partial charge on any atom is 0.324 e. The van der Waals surface area contributed by atoms with Crippen LogP contribution in [0.2, 0.25) is 0 Å². The Hall–Kier alpha value is -1.10. The summed E-state index contributed by atoms with van der Waals surface area (Å²) in [6, 6.07) is 0. The molecule has 0 aromatic heterocycles. The molecule has 0 saturated heterocycles. The fourth-order valence-corrected chi connectivity index (χ4v) is 0.900. The lowest BCUT2D eigenvalue weighted by Gasteiger charge is -2.36. The van der Waals surface area contributed by atoms with Crippen molar-refractivity contribution in [2.75, 3.05) is 0 Å².